The molecule has 69 heavy (non-hydrogen) atoms. The molecule has 0 spiro atoms. The number of unbranched alkanes of at least 4 members (excludes halogenated alkanes) is 4. The summed E-state index contributed by atoms with van der Waals surface area (Å²) in [6.45, 7) is 6.09. The van der Waals surface area contributed by atoms with Gasteiger partial charge in [0.2, 0.25) is 0 Å². The maximum absolute atomic E-state index is 12.7. The number of allylic oxidation sites excluding steroid dienone is 29. The lowest BCUT2D eigenvalue weighted by Gasteiger charge is -2.18. The van der Waals surface area contributed by atoms with Crippen molar-refractivity contribution in [2.75, 3.05) is 13.2 Å². The van der Waals surface area contributed by atoms with E-state index in [4.69, 9.17) is 14.2 Å². The van der Waals surface area contributed by atoms with Gasteiger partial charge in [-0.05, 0) is 128 Å². The molecular weight excluding hydrogens is 853 g/mol. The molecule has 0 aromatic heterocycles. The lowest BCUT2D eigenvalue weighted by molar-refractivity contribution is -0.166. The normalized spacial score (nSPS) is 13.6. The molecule has 0 aliphatic heterocycles. The molecule has 0 heterocycles. The van der Waals surface area contributed by atoms with Crippen molar-refractivity contribution < 1.29 is 28.6 Å². The van der Waals surface area contributed by atoms with E-state index in [1.165, 1.54) is 0 Å². The molecule has 0 rings (SSSR count). The van der Waals surface area contributed by atoms with Crippen LogP contribution in [0.2, 0.25) is 0 Å². The zero-order chi connectivity index (χ0) is 50.0. The molecule has 0 aliphatic rings. The number of esters is 3. The Hall–Kier alpha value is -5.49. The van der Waals surface area contributed by atoms with E-state index >= 15 is 0 Å². The molecular formula is C63H92O6. The Bertz CT molecular complexity index is 1700. The van der Waals surface area contributed by atoms with E-state index in [9.17, 15) is 14.4 Å². The molecule has 0 aromatic carbocycles. The molecule has 0 aliphatic carbocycles. The molecule has 1 unspecified atom stereocenters. The summed E-state index contributed by atoms with van der Waals surface area (Å²) in [7, 11) is 0. The van der Waals surface area contributed by atoms with Crippen LogP contribution in [0.4, 0.5) is 0 Å². The maximum atomic E-state index is 12.7. The van der Waals surface area contributed by atoms with Crippen molar-refractivity contribution in [2.24, 2.45) is 0 Å². The summed E-state index contributed by atoms with van der Waals surface area (Å²) in [4.78, 5) is 37.9. The van der Waals surface area contributed by atoms with Gasteiger partial charge in [0.1, 0.15) is 13.2 Å². The van der Waals surface area contributed by atoms with Crippen molar-refractivity contribution >= 4 is 17.9 Å². The van der Waals surface area contributed by atoms with E-state index in [0.29, 0.717) is 12.8 Å². The van der Waals surface area contributed by atoms with Gasteiger partial charge in [-0.25, -0.2) is 0 Å². The minimum absolute atomic E-state index is 0.0673. The largest absolute Gasteiger partial charge is 0.462 e. The van der Waals surface area contributed by atoms with Gasteiger partial charge >= 0.3 is 17.9 Å². The molecule has 0 amide bonds. The fourth-order valence-electron chi connectivity index (χ4n) is 6.11. The number of hydrogen-bond acceptors (Lipinski definition) is 6. The molecule has 0 bridgehead atoms. The zero-order valence-electron chi connectivity index (χ0n) is 43.2. The topological polar surface area (TPSA) is 78.9 Å². The van der Waals surface area contributed by atoms with E-state index in [0.717, 1.165) is 122 Å². The first-order valence-corrected chi connectivity index (χ1v) is 26.3. The van der Waals surface area contributed by atoms with E-state index in [-0.39, 0.29) is 44.4 Å². The SMILES string of the molecule is CC/C=C\C/C=C\C/C=C\C/C=C\C/C=C\C/C=C\C/C=C\CCCC(=O)OCC(COC(=O)CCCCC/C=C\C/C=C\C/C=C\CC)OC(=O)C/C=C\C/C=C\C/C=C\C/C=C\C/C=C\CC. The molecule has 6 heteroatoms. The average molecular weight is 945 g/mol. The first kappa shape index (κ1) is 63.5. The van der Waals surface area contributed by atoms with Crippen molar-refractivity contribution in [3.8, 4) is 0 Å². The number of rotatable bonds is 44. The van der Waals surface area contributed by atoms with Crippen LogP contribution in [0.3, 0.4) is 0 Å². The summed E-state index contributed by atoms with van der Waals surface area (Å²) in [5.74, 6) is -1.20. The molecule has 0 N–H and O–H groups in total. The minimum atomic E-state index is -0.878. The number of hydrogen-bond donors (Lipinski definition) is 0. The van der Waals surface area contributed by atoms with Crippen molar-refractivity contribution in [1.82, 2.24) is 0 Å². The number of ether oxygens (including phenoxy) is 3. The first-order valence-electron chi connectivity index (χ1n) is 26.3. The van der Waals surface area contributed by atoms with Crippen LogP contribution >= 0.6 is 0 Å². The Morgan fingerprint density at radius 3 is 0.913 bits per heavy atom. The average Bonchev–Trinajstić information content (AvgIpc) is 3.35. The number of carbonyl (C=O) groups is 3. The van der Waals surface area contributed by atoms with Crippen LogP contribution in [0.25, 0.3) is 0 Å². The minimum Gasteiger partial charge on any atom is -0.462 e. The van der Waals surface area contributed by atoms with Gasteiger partial charge in [0.25, 0.3) is 0 Å². The van der Waals surface area contributed by atoms with Gasteiger partial charge in [-0.3, -0.25) is 14.4 Å². The third kappa shape index (κ3) is 53.3. The second-order valence-electron chi connectivity index (χ2n) is 16.3. The highest BCUT2D eigenvalue weighted by Gasteiger charge is 2.19. The standard InChI is InChI=1S/C63H92O6/c1-4-7-10-13-16-19-22-25-27-28-29-30-31-32-33-34-36-38-41-44-47-50-53-56-62(65)68-59-60(58-67-61(64)55-52-49-46-43-40-37-24-21-18-15-12-9-6-3)69-63(66)57-54-51-48-45-42-39-35-26-23-20-17-14-11-8-5-2/h7-12,16-21,25-27,29-30,32-33,35-38,40,42,44-45,47,51,54,60H,4-6,13-15,22-24,28,31,34,39,41,43,46,48-50,52-53,55-59H2,1-3H3/b10-7-,11-8-,12-9-,19-16-,20-17-,21-18-,27-25-,30-29-,33-32-,35-26-,38-36-,40-37-,45-42-,47-44-,54-51-. The summed E-state index contributed by atoms with van der Waals surface area (Å²) in [6.07, 6.45) is 83.4. The Morgan fingerprint density at radius 2 is 0.580 bits per heavy atom. The fourth-order valence-corrected chi connectivity index (χ4v) is 6.11. The fraction of sp³-hybridized carbons (Fsp3) is 0.476. The predicted molar refractivity (Wildman–Crippen MR) is 297 cm³/mol. The molecule has 0 aromatic rings. The molecule has 0 fully saturated rings. The van der Waals surface area contributed by atoms with Gasteiger partial charge in [0.05, 0.1) is 6.42 Å². The molecule has 0 saturated heterocycles. The zero-order valence-corrected chi connectivity index (χ0v) is 43.2. The lowest BCUT2D eigenvalue weighted by atomic mass is 10.1. The second-order valence-corrected chi connectivity index (χ2v) is 16.3. The van der Waals surface area contributed by atoms with Gasteiger partial charge in [-0.1, -0.05) is 209 Å². The van der Waals surface area contributed by atoms with Gasteiger partial charge in [0, 0.05) is 12.8 Å². The van der Waals surface area contributed by atoms with Gasteiger partial charge < -0.3 is 14.2 Å². The highest BCUT2D eigenvalue weighted by Crippen LogP contribution is 2.09. The molecule has 1 atom stereocenters. The van der Waals surface area contributed by atoms with E-state index in [2.05, 4.69) is 191 Å². The number of carbonyl (C=O) groups excluding carboxylic acids is 3. The van der Waals surface area contributed by atoms with Gasteiger partial charge in [-0.2, -0.15) is 0 Å². The Labute approximate surface area is 421 Å². The Balaban J connectivity index is 4.64. The van der Waals surface area contributed by atoms with Crippen LogP contribution in [0.5, 0.6) is 0 Å². The molecule has 0 radical (unpaired) electrons. The third-order valence-corrected chi connectivity index (χ3v) is 9.92. The van der Waals surface area contributed by atoms with Crippen LogP contribution < -0.4 is 0 Å². The van der Waals surface area contributed by atoms with Crippen molar-refractivity contribution in [3.05, 3.63) is 182 Å². The van der Waals surface area contributed by atoms with Crippen LogP contribution in [0.1, 0.15) is 175 Å². The summed E-state index contributed by atoms with van der Waals surface area (Å²) < 4.78 is 16.6. The summed E-state index contributed by atoms with van der Waals surface area (Å²) in [5, 5.41) is 0. The van der Waals surface area contributed by atoms with Crippen LogP contribution in [0, 0.1) is 0 Å². The third-order valence-electron chi connectivity index (χ3n) is 9.92. The smallest absolute Gasteiger partial charge is 0.310 e. The van der Waals surface area contributed by atoms with Crippen molar-refractivity contribution in [2.45, 2.75) is 181 Å². The Kier molecular flexibility index (Phi) is 50.7. The summed E-state index contributed by atoms with van der Waals surface area (Å²) in [5.41, 5.74) is 0. The highest BCUT2D eigenvalue weighted by atomic mass is 16.6. The quantitative estimate of drug-likeness (QED) is 0.0262. The van der Waals surface area contributed by atoms with Gasteiger partial charge in [-0.15, -0.1) is 0 Å². The van der Waals surface area contributed by atoms with Crippen LogP contribution in [0.15, 0.2) is 182 Å². The van der Waals surface area contributed by atoms with E-state index in [1.807, 2.05) is 6.08 Å². The Morgan fingerprint density at radius 1 is 0.304 bits per heavy atom. The maximum Gasteiger partial charge on any atom is 0.310 e. The van der Waals surface area contributed by atoms with Crippen molar-refractivity contribution in [1.29, 1.82) is 0 Å². The van der Waals surface area contributed by atoms with Crippen LogP contribution in [-0.2, 0) is 28.6 Å². The molecule has 380 valence electrons. The summed E-state index contributed by atoms with van der Waals surface area (Å²) in [6, 6.07) is 0. The second kappa shape index (κ2) is 55.1. The lowest BCUT2D eigenvalue weighted by Crippen LogP contribution is -2.30. The predicted octanol–water partition coefficient (Wildman–Crippen LogP) is 17.7. The van der Waals surface area contributed by atoms with Crippen LogP contribution in [-0.4, -0.2) is 37.2 Å². The van der Waals surface area contributed by atoms with E-state index < -0.39 is 12.1 Å². The molecule has 0 saturated carbocycles. The van der Waals surface area contributed by atoms with Crippen molar-refractivity contribution in [3.63, 3.8) is 0 Å². The summed E-state index contributed by atoms with van der Waals surface area (Å²) >= 11 is 0. The van der Waals surface area contributed by atoms with E-state index in [1.54, 1.807) is 6.08 Å². The first-order chi connectivity index (χ1) is 34.0. The molecule has 6 nitrogen and oxygen atoms in total. The highest BCUT2D eigenvalue weighted by molar-refractivity contribution is 5.72. The monoisotopic (exact) mass is 945 g/mol. The van der Waals surface area contributed by atoms with Gasteiger partial charge in [0.15, 0.2) is 6.10 Å².